The highest BCUT2D eigenvalue weighted by Gasteiger charge is 2.34. The lowest BCUT2D eigenvalue weighted by Gasteiger charge is -2.23. The van der Waals surface area contributed by atoms with Crippen molar-refractivity contribution in [1.29, 1.82) is 5.26 Å². The minimum atomic E-state index is -0.768. The number of nitriles is 1. The van der Waals surface area contributed by atoms with Gasteiger partial charge in [0.1, 0.15) is 5.92 Å². The molecule has 0 saturated carbocycles. The van der Waals surface area contributed by atoms with E-state index in [2.05, 4.69) is 11.2 Å². The molecule has 2 amide bonds. The first kappa shape index (κ1) is 14.4. The topological polar surface area (TPSA) is 73.2 Å². The summed E-state index contributed by atoms with van der Waals surface area (Å²) in [6, 6.07) is 1.97. The van der Waals surface area contributed by atoms with Crippen LogP contribution in [0.4, 0.5) is 0 Å². The molecule has 1 fully saturated rings. The van der Waals surface area contributed by atoms with Gasteiger partial charge < -0.3 is 10.2 Å². The van der Waals surface area contributed by atoms with Gasteiger partial charge in [0, 0.05) is 13.0 Å². The average molecular weight is 265 g/mol. The van der Waals surface area contributed by atoms with Crippen molar-refractivity contribution >= 4 is 23.6 Å². The molecule has 5 nitrogen and oxygen atoms in total. The minimum Gasteiger partial charge on any atom is -0.344 e. The lowest BCUT2D eigenvalue weighted by Crippen LogP contribution is -2.37. The van der Waals surface area contributed by atoms with Gasteiger partial charge in [0.15, 0.2) is 0 Å². The highest BCUT2D eigenvalue weighted by molar-refractivity contribution is 8.00. The molecule has 1 aliphatic heterocycles. The van der Waals surface area contributed by atoms with E-state index in [4.69, 9.17) is 11.7 Å². The van der Waals surface area contributed by atoms with Crippen molar-refractivity contribution in [1.82, 2.24) is 10.2 Å². The molecule has 2 unspecified atom stereocenters. The van der Waals surface area contributed by atoms with Crippen LogP contribution < -0.4 is 5.32 Å². The van der Waals surface area contributed by atoms with Crippen molar-refractivity contribution in [2.45, 2.75) is 18.7 Å². The van der Waals surface area contributed by atoms with Gasteiger partial charge in [-0.25, -0.2) is 0 Å². The Balaban J connectivity index is 2.59. The molecule has 18 heavy (non-hydrogen) atoms. The van der Waals surface area contributed by atoms with E-state index in [9.17, 15) is 9.59 Å². The standard InChI is InChI=1S/C12H15N3O2S/c1-3-5-14-12(17)9(7-13)6-11-15(4-2)10(16)8-18-11/h1,9,11H,4-6,8H2,2H3,(H,14,17). The van der Waals surface area contributed by atoms with Gasteiger partial charge in [-0.15, -0.1) is 18.2 Å². The third-order valence-corrected chi connectivity index (χ3v) is 3.93. The normalized spacial score (nSPS) is 20.1. The first-order valence-electron chi connectivity index (χ1n) is 5.65. The second-order valence-electron chi connectivity index (χ2n) is 3.78. The Bertz CT molecular complexity index is 411. The number of thioether (sulfide) groups is 1. The Kier molecular flexibility index (Phi) is 5.54. The van der Waals surface area contributed by atoms with Crippen LogP contribution in [-0.2, 0) is 9.59 Å². The molecule has 0 bridgehead atoms. The fourth-order valence-electron chi connectivity index (χ4n) is 1.76. The molecule has 0 aromatic carbocycles. The molecule has 1 N–H and O–H groups in total. The van der Waals surface area contributed by atoms with Crippen LogP contribution in [0.1, 0.15) is 13.3 Å². The van der Waals surface area contributed by atoms with Crippen molar-refractivity contribution in [3.63, 3.8) is 0 Å². The van der Waals surface area contributed by atoms with Crippen LogP contribution in [0.5, 0.6) is 0 Å². The summed E-state index contributed by atoms with van der Waals surface area (Å²) in [7, 11) is 0. The third kappa shape index (κ3) is 3.41. The number of nitrogens with zero attached hydrogens (tertiary/aromatic N) is 2. The van der Waals surface area contributed by atoms with E-state index in [1.54, 1.807) is 4.90 Å². The van der Waals surface area contributed by atoms with Crippen molar-refractivity contribution in [3.8, 4) is 18.4 Å². The quantitative estimate of drug-likeness (QED) is 0.720. The third-order valence-electron chi connectivity index (χ3n) is 2.68. The molecule has 0 aromatic rings. The number of rotatable bonds is 5. The highest BCUT2D eigenvalue weighted by atomic mass is 32.2. The van der Waals surface area contributed by atoms with E-state index < -0.39 is 5.92 Å². The number of carbonyl (C=O) groups is 2. The van der Waals surface area contributed by atoms with Gasteiger partial charge in [-0.05, 0) is 6.92 Å². The lowest BCUT2D eigenvalue weighted by atomic mass is 10.1. The van der Waals surface area contributed by atoms with Gasteiger partial charge in [-0.3, -0.25) is 9.59 Å². The summed E-state index contributed by atoms with van der Waals surface area (Å²) in [5.74, 6) is 1.63. The smallest absolute Gasteiger partial charge is 0.238 e. The monoisotopic (exact) mass is 265 g/mol. The number of carbonyl (C=O) groups excluding carboxylic acids is 2. The molecule has 1 rings (SSSR count). The Labute approximate surface area is 111 Å². The van der Waals surface area contributed by atoms with E-state index in [-0.39, 0.29) is 23.7 Å². The maximum absolute atomic E-state index is 11.7. The van der Waals surface area contributed by atoms with E-state index in [1.165, 1.54) is 11.8 Å². The van der Waals surface area contributed by atoms with E-state index in [1.807, 2.05) is 13.0 Å². The Morgan fingerprint density at radius 1 is 1.78 bits per heavy atom. The maximum Gasteiger partial charge on any atom is 0.238 e. The zero-order valence-corrected chi connectivity index (χ0v) is 11.0. The summed E-state index contributed by atoms with van der Waals surface area (Å²) in [5.41, 5.74) is 0. The van der Waals surface area contributed by atoms with Gasteiger partial charge in [0.25, 0.3) is 0 Å². The van der Waals surface area contributed by atoms with Crippen molar-refractivity contribution in [2.24, 2.45) is 5.92 Å². The average Bonchev–Trinajstić information content (AvgIpc) is 2.73. The van der Waals surface area contributed by atoms with Crippen LogP contribution in [0.25, 0.3) is 0 Å². The molecule has 2 atom stereocenters. The summed E-state index contributed by atoms with van der Waals surface area (Å²) in [4.78, 5) is 24.9. The molecule has 1 saturated heterocycles. The van der Waals surface area contributed by atoms with Gasteiger partial charge in [-0.1, -0.05) is 5.92 Å². The first-order valence-corrected chi connectivity index (χ1v) is 6.70. The van der Waals surface area contributed by atoms with Crippen LogP contribution in [0.3, 0.4) is 0 Å². The predicted molar refractivity (Wildman–Crippen MR) is 69.2 cm³/mol. The zero-order valence-electron chi connectivity index (χ0n) is 10.2. The molecule has 96 valence electrons. The second-order valence-corrected chi connectivity index (χ2v) is 4.95. The fraction of sp³-hybridized carbons (Fsp3) is 0.583. The Hall–Kier alpha value is -1.66. The zero-order chi connectivity index (χ0) is 13.5. The summed E-state index contributed by atoms with van der Waals surface area (Å²) in [5, 5.41) is 11.4. The fourth-order valence-corrected chi connectivity index (χ4v) is 3.03. The van der Waals surface area contributed by atoms with Crippen molar-refractivity contribution in [3.05, 3.63) is 0 Å². The summed E-state index contributed by atoms with van der Waals surface area (Å²) < 4.78 is 0. The second kappa shape index (κ2) is 6.93. The van der Waals surface area contributed by atoms with E-state index >= 15 is 0 Å². The van der Waals surface area contributed by atoms with Gasteiger partial charge in [-0.2, -0.15) is 5.26 Å². The molecule has 6 heteroatoms. The van der Waals surface area contributed by atoms with E-state index in [0.29, 0.717) is 18.7 Å². The molecular formula is C12H15N3O2S. The summed E-state index contributed by atoms with van der Waals surface area (Å²) >= 11 is 1.47. The van der Waals surface area contributed by atoms with Crippen LogP contribution >= 0.6 is 11.8 Å². The molecule has 0 radical (unpaired) electrons. The van der Waals surface area contributed by atoms with Crippen LogP contribution in [-0.4, -0.2) is 40.9 Å². The number of nitrogens with one attached hydrogen (secondary N) is 1. The summed E-state index contributed by atoms with van der Waals surface area (Å²) in [6.07, 6.45) is 5.38. The number of terminal acetylenes is 1. The molecule has 0 aliphatic carbocycles. The number of hydrogen-bond donors (Lipinski definition) is 1. The van der Waals surface area contributed by atoms with Crippen molar-refractivity contribution < 1.29 is 9.59 Å². The minimum absolute atomic E-state index is 0.0632. The Morgan fingerprint density at radius 2 is 2.50 bits per heavy atom. The van der Waals surface area contributed by atoms with Crippen molar-refractivity contribution in [2.75, 3.05) is 18.8 Å². The number of amides is 2. The van der Waals surface area contributed by atoms with E-state index in [0.717, 1.165) is 0 Å². The molecule has 1 heterocycles. The SMILES string of the molecule is C#CCNC(=O)C(C#N)CC1SCC(=O)N1CC. The van der Waals surface area contributed by atoms with Gasteiger partial charge in [0.05, 0.1) is 23.7 Å². The molecule has 0 aromatic heterocycles. The highest BCUT2D eigenvalue weighted by Crippen LogP contribution is 2.29. The van der Waals surface area contributed by atoms with Gasteiger partial charge >= 0.3 is 0 Å². The predicted octanol–water partition coefficient (Wildman–Crippen LogP) is 0.187. The number of hydrogen-bond acceptors (Lipinski definition) is 4. The van der Waals surface area contributed by atoms with Crippen LogP contribution in [0.15, 0.2) is 0 Å². The summed E-state index contributed by atoms with van der Waals surface area (Å²) in [6.45, 7) is 2.60. The molecular weight excluding hydrogens is 250 g/mol. The molecule has 1 aliphatic rings. The largest absolute Gasteiger partial charge is 0.344 e. The molecule has 0 spiro atoms. The lowest BCUT2D eigenvalue weighted by molar-refractivity contribution is -0.129. The van der Waals surface area contributed by atoms with Crippen LogP contribution in [0, 0.1) is 29.6 Å². The van der Waals surface area contributed by atoms with Crippen LogP contribution in [0.2, 0.25) is 0 Å². The first-order chi connectivity index (χ1) is 8.63. The van der Waals surface area contributed by atoms with Gasteiger partial charge in [0.2, 0.25) is 11.8 Å². The maximum atomic E-state index is 11.7. The Morgan fingerprint density at radius 3 is 3.06 bits per heavy atom.